The molecule has 1 amide bonds. The molecule has 20 heavy (non-hydrogen) atoms. The Morgan fingerprint density at radius 2 is 1.60 bits per heavy atom. The number of benzene rings is 2. The maximum absolute atomic E-state index is 12.3. The molecule has 0 unspecified atom stereocenters. The summed E-state index contributed by atoms with van der Waals surface area (Å²) in [4.78, 5) is 13.9. The smallest absolute Gasteiger partial charge is 0.232 e. The number of nitrogens with zero attached hydrogens (tertiary/aromatic N) is 1. The molecule has 0 saturated heterocycles. The summed E-state index contributed by atoms with van der Waals surface area (Å²) in [6, 6.07) is 17.8. The Labute approximate surface area is 125 Å². The van der Waals surface area contributed by atoms with Crippen LogP contribution < -0.4 is 4.90 Å². The van der Waals surface area contributed by atoms with Crippen LogP contribution in [-0.2, 0) is 17.6 Å². The molecule has 2 aromatic carbocycles. The molecule has 2 aromatic rings. The number of hydrogen-bond acceptors (Lipinski definition) is 1. The fourth-order valence-corrected chi connectivity index (χ4v) is 2.32. The largest absolute Gasteiger partial charge is 0.298 e. The van der Waals surface area contributed by atoms with Gasteiger partial charge in [0.15, 0.2) is 0 Å². The number of aryl methyl sites for hydroxylation is 1. The molecule has 0 N–H and O–H groups in total. The molecule has 104 valence electrons. The third-order valence-electron chi connectivity index (χ3n) is 3.28. The predicted molar refractivity (Wildman–Crippen MR) is 84.2 cm³/mol. The number of alkyl halides is 1. The Morgan fingerprint density at radius 1 is 1.00 bits per heavy atom. The highest BCUT2D eigenvalue weighted by Gasteiger charge is 2.14. The van der Waals surface area contributed by atoms with Crippen LogP contribution in [0.3, 0.4) is 0 Å². The average Bonchev–Trinajstić information content (AvgIpc) is 2.50. The molecule has 0 aromatic heterocycles. The van der Waals surface area contributed by atoms with Gasteiger partial charge < -0.3 is 0 Å². The molecule has 0 bridgehead atoms. The van der Waals surface area contributed by atoms with Crippen LogP contribution in [0.1, 0.15) is 18.1 Å². The van der Waals surface area contributed by atoms with Crippen LogP contribution in [0.15, 0.2) is 54.6 Å². The van der Waals surface area contributed by atoms with Crippen molar-refractivity contribution in [3.05, 3.63) is 65.7 Å². The van der Waals surface area contributed by atoms with Crippen molar-refractivity contribution in [3.8, 4) is 0 Å². The Kier molecular flexibility index (Phi) is 5.19. The molecular formula is C17H18ClNO. The lowest BCUT2D eigenvalue weighted by Gasteiger charge is -2.20. The van der Waals surface area contributed by atoms with Gasteiger partial charge in [0.05, 0.1) is 6.42 Å². The molecule has 0 saturated carbocycles. The monoisotopic (exact) mass is 287 g/mol. The number of hydrogen-bond donors (Lipinski definition) is 0. The summed E-state index contributed by atoms with van der Waals surface area (Å²) in [7, 11) is 0. The van der Waals surface area contributed by atoms with E-state index in [2.05, 4.69) is 19.1 Å². The number of anilines is 1. The first-order valence-electron chi connectivity index (χ1n) is 6.73. The maximum Gasteiger partial charge on any atom is 0.232 e. The number of para-hydroxylation sites is 1. The first-order valence-corrected chi connectivity index (χ1v) is 7.27. The van der Waals surface area contributed by atoms with Gasteiger partial charge in [-0.05, 0) is 29.7 Å². The number of amides is 1. The predicted octanol–water partition coefficient (Wildman–Crippen LogP) is 4.02. The van der Waals surface area contributed by atoms with Crippen LogP contribution in [0.4, 0.5) is 5.69 Å². The third kappa shape index (κ3) is 3.61. The van der Waals surface area contributed by atoms with Crippen LogP contribution >= 0.6 is 11.6 Å². The summed E-state index contributed by atoms with van der Waals surface area (Å²) in [6.07, 6.45) is 1.37. The van der Waals surface area contributed by atoms with E-state index in [1.807, 2.05) is 42.5 Å². The molecule has 0 aliphatic rings. The van der Waals surface area contributed by atoms with E-state index in [-0.39, 0.29) is 11.9 Å². The van der Waals surface area contributed by atoms with Gasteiger partial charge in [0.1, 0.15) is 6.00 Å². The second kappa shape index (κ2) is 7.11. The Bertz CT molecular complexity index is 551. The summed E-state index contributed by atoms with van der Waals surface area (Å²) < 4.78 is 0. The van der Waals surface area contributed by atoms with E-state index in [1.54, 1.807) is 4.90 Å². The highest BCUT2D eigenvalue weighted by molar-refractivity contribution is 6.21. The molecule has 0 atom stereocenters. The van der Waals surface area contributed by atoms with E-state index >= 15 is 0 Å². The molecule has 0 radical (unpaired) electrons. The summed E-state index contributed by atoms with van der Waals surface area (Å²) in [6.45, 7) is 2.12. The van der Waals surface area contributed by atoms with Gasteiger partial charge >= 0.3 is 0 Å². The van der Waals surface area contributed by atoms with Gasteiger partial charge in [-0.15, -0.1) is 11.6 Å². The minimum Gasteiger partial charge on any atom is -0.298 e. The highest BCUT2D eigenvalue weighted by atomic mass is 35.5. The zero-order valence-electron chi connectivity index (χ0n) is 11.6. The highest BCUT2D eigenvalue weighted by Crippen LogP contribution is 2.16. The van der Waals surface area contributed by atoms with Crippen molar-refractivity contribution < 1.29 is 4.79 Å². The van der Waals surface area contributed by atoms with Crippen LogP contribution in [0.5, 0.6) is 0 Å². The average molecular weight is 288 g/mol. The SMILES string of the molecule is CCc1ccc(CC(=O)N(CCl)c2ccccc2)cc1. The second-order valence-electron chi connectivity index (χ2n) is 4.62. The molecule has 0 spiro atoms. The van der Waals surface area contributed by atoms with Crippen molar-refractivity contribution >= 4 is 23.2 Å². The van der Waals surface area contributed by atoms with E-state index in [4.69, 9.17) is 11.6 Å². The van der Waals surface area contributed by atoms with E-state index < -0.39 is 0 Å². The Balaban J connectivity index is 2.09. The molecule has 2 rings (SSSR count). The van der Waals surface area contributed by atoms with Gasteiger partial charge in [0.25, 0.3) is 0 Å². The fourth-order valence-electron chi connectivity index (χ4n) is 2.05. The van der Waals surface area contributed by atoms with Crippen LogP contribution in [0.25, 0.3) is 0 Å². The van der Waals surface area contributed by atoms with Gasteiger partial charge in [-0.2, -0.15) is 0 Å². The van der Waals surface area contributed by atoms with E-state index in [0.29, 0.717) is 6.42 Å². The van der Waals surface area contributed by atoms with Gasteiger partial charge in [0, 0.05) is 5.69 Å². The standard InChI is InChI=1S/C17H18ClNO/c1-2-14-8-10-15(11-9-14)12-17(20)19(13-18)16-6-4-3-5-7-16/h3-11H,2,12-13H2,1H3. The number of carbonyl (C=O) groups excluding carboxylic acids is 1. The van der Waals surface area contributed by atoms with E-state index in [0.717, 1.165) is 17.7 Å². The summed E-state index contributed by atoms with van der Waals surface area (Å²) in [5.41, 5.74) is 3.12. The minimum atomic E-state index is 0.00967. The third-order valence-corrected chi connectivity index (χ3v) is 3.51. The van der Waals surface area contributed by atoms with Crippen molar-refractivity contribution in [2.24, 2.45) is 0 Å². The Morgan fingerprint density at radius 3 is 2.15 bits per heavy atom. The van der Waals surface area contributed by atoms with Crippen LogP contribution in [0, 0.1) is 0 Å². The van der Waals surface area contributed by atoms with Crippen molar-refractivity contribution in [2.75, 3.05) is 10.9 Å². The van der Waals surface area contributed by atoms with Crippen molar-refractivity contribution in [2.45, 2.75) is 19.8 Å². The van der Waals surface area contributed by atoms with Crippen LogP contribution in [0.2, 0.25) is 0 Å². The van der Waals surface area contributed by atoms with Crippen molar-refractivity contribution in [1.82, 2.24) is 0 Å². The zero-order valence-corrected chi connectivity index (χ0v) is 12.3. The summed E-state index contributed by atoms with van der Waals surface area (Å²) >= 11 is 5.92. The lowest BCUT2D eigenvalue weighted by molar-refractivity contribution is -0.117. The molecule has 3 heteroatoms. The van der Waals surface area contributed by atoms with Gasteiger partial charge in [-0.1, -0.05) is 49.4 Å². The first kappa shape index (κ1) is 14.6. The van der Waals surface area contributed by atoms with Gasteiger partial charge in [-0.3, -0.25) is 9.69 Å². The summed E-state index contributed by atoms with van der Waals surface area (Å²) in [5.74, 6) is 0.00967. The number of rotatable bonds is 5. The molecule has 0 fully saturated rings. The fraction of sp³-hybridized carbons (Fsp3) is 0.235. The Hall–Kier alpha value is -1.80. The normalized spacial score (nSPS) is 10.3. The van der Waals surface area contributed by atoms with Crippen molar-refractivity contribution in [3.63, 3.8) is 0 Å². The van der Waals surface area contributed by atoms with E-state index in [1.165, 1.54) is 5.56 Å². The second-order valence-corrected chi connectivity index (χ2v) is 4.86. The molecule has 0 heterocycles. The van der Waals surface area contributed by atoms with Crippen molar-refractivity contribution in [1.29, 1.82) is 0 Å². The molecule has 2 nitrogen and oxygen atoms in total. The lowest BCUT2D eigenvalue weighted by atomic mass is 10.1. The van der Waals surface area contributed by atoms with Gasteiger partial charge in [-0.25, -0.2) is 0 Å². The quantitative estimate of drug-likeness (QED) is 0.601. The molecular weight excluding hydrogens is 270 g/mol. The minimum absolute atomic E-state index is 0.00967. The number of carbonyl (C=O) groups is 1. The van der Waals surface area contributed by atoms with E-state index in [9.17, 15) is 4.79 Å². The molecule has 0 aliphatic heterocycles. The lowest BCUT2D eigenvalue weighted by Crippen LogP contribution is -2.31. The number of halogens is 1. The first-order chi connectivity index (χ1) is 9.74. The van der Waals surface area contributed by atoms with Gasteiger partial charge in [0.2, 0.25) is 5.91 Å². The topological polar surface area (TPSA) is 20.3 Å². The van der Waals surface area contributed by atoms with Crippen LogP contribution in [-0.4, -0.2) is 11.9 Å². The maximum atomic E-state index is 12.3. The zero-order chi connectivity index (χ0) is 14.4. The molecule has 0 aliphatic carbocycles. The summed E-state index contributed by atoms with van der Waals surface area (Å²) in [5, 5.41) is 0.